The number of piperazine rings is 1. The molecule has 0 atom stereocenters. The van der Waals surface area contributed by atoms with E-state index in [9.17, 15) is 0 Å². The topological polar surface area (TPSA) is 21.8 Å². The van der Waals surface area contributed by atoms with E-state index in [1.807, 2.05) is 11.8 Å². The SMILES string of the molecule is CN1CCN(c2ccc3c(c2)Nc2cc(N(C)C)ccc2S3)CC1. The van der Waals surface area contributed by atoms with E-state index in [-0.39, 0.29) is 0 Å². The van der Waals surface area contributed by atoms with Crippen molar-refractivity contribution in [2.24, 2.45) is 0 Å². The fraction of sp³-hybridized carbons (Fsp3) is 0.368. The highest BCUT2D eigenvalue weighted by Crippen LogP contribution is 2.46. The predicted molar refractivity (Wildman–Crippen MR) is 104 cm³/mol. The highest BCUT2D eigenvalue weighted by atomic mass is 32.2. The van der Waals surface area contributed by atoms with Crippen molar-refractivity contribution in [3.63, 3.8) is 0 Å². The van der Waals surface area contributed by atoms with E-state index in [4.69, 9.17) is 0 Å². The zero-order valence-corrected chi connectivity index (χ0v) is 15.4. The number of benzene rings is 2. The fourth-order valence-electron chi connectivity index (χ4n) is 3.21. The van der Waals surface area contributed by atoms with Crippen LogP contribution >= 0.6 is 11.8 Å². The normalized spacial score (nSPS) is 17.0. The third kappa shape index (κ3) is 2.94. The van der Waals surface area contributed by atoms with Gasteiger partial charge >= 0.3 is 0 Å². The van der Waals surface area contributed by atoms with Crippen LogP contribution in [0.25, 0.3) is 0 Å². The first-order valence-corrected chi connectivity index (χ1v) is 9.25. The maximum Gasteiger partial charge on any atom is 0.0547 e. The molecular weight excluding hydrogens is 316 g/mol. The highest BCUT2D eigenvalue weighted by molar-refractivity contribution is 7.99. The first-order valence-electron chi connectivity index (χ1n) is 8.44. The predicted octanol–water partition coefficient (Wildman–Crippen LogP) is 3.71. The molecule has 24 heavy (non-hydrogen) atoms. The van der Waals surface area contributed by atoms with Gasteiger partial charge in [0.15, 0.2) is 0 Å². The molecule has 0 radical (unpaired) electrons. The van der Waals surface area contributed by atoms with Crippen molar-refractivity contribution in [3.8, 4) is 0 Å². The largest absolute Gasteiger partial charge is 0.378 e. The van der Waals surface area contributed by atoms with Crippen LogP contribution in [-0.2, 0) is 0 Å². The summed E-state index contributed by atoms with van der Waals surface area (Å²) >= 11 is 1.85. The number of nitrogens with zero attached hydrogens (tertiary/aromatic N) is 3. The molecule has 4 rings (SSSR count). The molecular formula is C19H24N4S. The van der Waals surface area contributed by atoms with Gasteiger partial charge in [-0.05, 0) is 43.4 Å². The van der Waals surface area contributed by atoms with Crippen molar-refractivity contribution in [3.05, 3.63) is 36.4 Å². The first kappa shape index (κ1) is 15.7. The van der Waals surface area contributed by atoms with Gasteiger partial charge in [-0.2, -0.15) is 0 Å². The number of likely N-dealkylation sites (N-methyl/N-ethyl adjacent to an activating group) is 1. The smallest absolute Gasteiger partial charge is 0.0547 e. The Hall–Kier alpha value is -1.85. The molecule has 0 spiro atoms. The third-order valence-corrected chi connectivity index (χ3v) is 5.95. The Morgan fingerprint density at radius 2 is 1.58 bits per heavy atom. The van der Waals surface area contributed by atoms with Crippen LogP contribution in [0.5, 0.6) is 0 Å². The summed E-state index contributed by atoms with van der Waals surface area (Å²) in [7, 11) is 6.36. The Morgan fingerprint density at radius 1 is 0.917 bits per heavy atom. The van der Waals surface area contributed by atoms with Gasteiger partial charge in [0.25, 0.3) is 0 Å². The van der Waals surface area contributed by atoms with Crippen LogP contribution in [0.2, 0.25) is 0 Å². The van der Waals surface area contributed by atoms with Gasteiger partial charge in [-0.15, -0.1) is 0 Å². The molecule has 0 aliphatic carbocycles. The molecule has 2 aromatic carbocycles. The van der Waals surface area contributed by atoms with Crippen molar-refractivity contribution < 1.29 is 0 Å². The maximum atomic E-state index is 3.64. The zero-order chi connectivity index (χ0) is 16.7. The number of hydrogen-bond acceptors (Lipinski definition) is 5. The molecule has 5 heteroatoms. The molecule has 0 bridgehead atoms. The van der Waals surface area contributed by atoms with Crippen molar-refractivity contribution in [1.82, 2.24) is 4.90 Å². The molecule has 4 nitrogen and oxygen atoms in total. The second-order valence-corrected chi connectivity index (χ2v) is 7.86. The lowest BCUT2D eigenvalue weighted by Crippen LogP contribution is -2.44. The van der Waals surface area contributed by atoms with Gasteiger partial charge in [-0.25, -0.2) is 0 Å². The van der Waals surface area contributed by atoms with E-state index in [2.05, 4.69) is 77.6 Å². The molecule has 0 amide bonds. The molecule has 1 saturated heterocycles. The summed E-state index contributed by atoms with van der Waals surface area (Å²) in [5.41, 5.74) is 4.97. The number of hydrogen-bond donors (Lipinski definition) is 1. The van der Waals surface area contributed by atoms with Gasteiger partial charge in [-0.1, -0.05) is 11.8 Å². The quantitative estimate of drug-likeness (QED) is 0.766. The van der Waals surface area contributed by atoms with Crippen molar-refractivity contribution in [2.75, 3.05) is 62.4 Å². The minimum atomic E-state index is 1.10. The van der Waals surface area contributed by atoms with Gasteiger partial charge in [-0.3, -0.25) is 0 Å². The second-order valence-electron chi connectivity index (χ2n) is 6.77. The summed E-state index contributed by atoms with van der Waals surface area (Å²) in [5, 5.41) is 3.64. The first-order chi connectivity index (χ1) is 11.6. The summed E-state index contributed by atoms with van der Waals surface area (Å²) in [5.74, 6) is 0. The van der Waals surface area contributed by atoms with Crippen LogP contribution in [0.3, 0.4) is 0 Å². The zero-order valence-electron chi connectivity index (χ0n) is 14.5. The Labute approximate surface area is 148 Å². The summed E-state index contributed by atoms with van der Waals surface area (Å²) < 4.78 is 0. The molecule has 0 saturated carbocycles. The number of fused-ring (bicyclic) bond motifs is 2. The van der Waals surface area contributed by atoms with E-state index in [1.165, 1.54) is 32.5 Å². The van der Waals surface area contributed by atoms with Crippen LogP contribution in [0.1, 0.15) is 0 Å². The Bertz CT molecular complexity index is 751. The standard InChI is InChI=1S/C19H24N4S/c1-21(2)14-4-6-18-16(12-14)20-17-13-15(5-7-19(17)24-18)23-10-8-22(3)9-11-23/h4-7,12-13,20H,8-11H2,1-3H3. The summed E-state index contributed by atoms with van der Waals surface area (Å²) in [6, 6.07) is 13.4. The van der Waals surface area contributed by atoms with E-state index in [0.29, 0.717) is 0 Å². The molecule has 1 N–H and O–H groups in total. The van der Waals surface area contributed by atoms with E-state index in [0.717, 1.165) is 26.2 Å². The van der Waals surface area contributed by atoms with E-state index in [1.54, 1.807) is 0 Å². The van der Waals surface area contributed by atoms with Crippen LogP contribution in [0, 0.1) is 0 Å². The summed E-state index contributed by atoms with van der Waals surface area (Å²) in [6.45, 7) is 4.47. The molecule has 2 aromatic rings. The number of anilines is 4. The Balaban J connectivity index is 1.60. The second kappa shape index (κ2) is 6.22. The molecule has 1 fully saturated rings. The molecule has 2 aliphatic rings. The van der Waals surface area contributed by atoms with Crippen molar-refractivity contribution in [1.29, 1.82) is 0 Å². The van der Waals surface area contributed by atoms with E-state index < -0.39 is 0 Å². The lowest BCUT2D eigenvalue weighted by molar-refractivity contribution is 0.313. The van der Waals surface area contributed by atoms with Crippen molar-refractivity contribution in [2.45, 2.75) is 9.79 Å². The molecule has 0 unspecified atom stereocenters. The van der Waals surface area contributed by atoms with Gasteiger partial charge in [0.2, 0.25) is 0 Å². The highest BCUT2D eigenvalue weighted by Gasteiger charge is 2.19. The van der Waals surface area contributed by atoms with Gasteiger partial charge in [0, 0.05) is 61.4 Å². The number of rotatable bonds is 2. The average Bonchev–Trinajstić information content (AvgIpc) is 2.59. The Kier molecular flexibility index (Phi) is 4.06. The van der Waals surface area contributed by atoms with Crippen LogP contribution in [0.4, 0.5) is 22.7 Å². The summed E-state index contributed by atoms with van der Waals surface area (Å²) in [4.78, 5) is 9.61. The van der Waals surface area contributed by atoms with Crippen LogP contribution in [0.15, 0.2) is 46.2 Å². The van der Waals surface area contributed by atoms with Crippen LogP contribution in [-0.4, -0.2) is 52.2 Å². The molecule has 2 heterocycles. The molecule has 0 aromatic heterocycles. The minimum Gasteiger partial charge on any atom is -0.378 e. The van der Waals surface area contributed by atoms with Gasteiger partial charge in [0.05, 0.1) is 11.4 Å². The van der Waals surface area contributed by atoms with E-state index >= 15 is 0 Å². The average molecular weight is 340 g/mol. The van der Waals surface area contributed by atoms with Gasteiger partial charge in [0.1, 0.15) is 0 Å². The minimum absolute atomic E-state index is 1.10. The summed E-state index contributed by atoms with van der Waals surface area (Å²) in [6.07, 6.45) is 0. The van der Waals surface area contributed by atoms with Crippen molar-refractivity contribution >= 4 is 34.5 Å². The molecule has 126 valence electrons. The van der Waals surface area contributed by atoms with Crippen LogP contribution < -0.4 is 15.1 Å². The fourth-order valence-corrected chi connectivity index (χ4v) is 4.16. The monoisotopic (exact) mass is 340 g/mol. The Morgan fingerprint density at radius 3 is 2.29 bits per heavy atom. The molecule has 2 aliphatic heterocycles. The van der Waals surface area contributed by atoms with Gasteiger partial charge < -0.3 is 20.0 Å². The lowest BCUT2D eigenvalue weighted by Gasteiger charge is -2.34. The number of nitrogens with one attached hydrogen (secondary N) is 1. The third-order valence-electron chi connectivity index (χ3n) is 4.80. The maximum absolute atomic E-state index is 3.64. The lowest BCUT2D eigenvalue weighted by atomic mass is 10.2.